The number of aromatic nitrogens is 2. The summed E-state index contributed by atoms with van der Waals surface area (Å²) < 4.78 is 5.67. The van der Waals surface area contributed by atoms with E-state index in [2.05, 4.69) is 37.6 Å². The van der Waals surface area contributed by atoms with E-state index in [9.17, 15) is 0 Å². The number of ether oxygens (including phenoxy) is 1. The van der Waals surface area contributed by atoms with E-state index in [4.69, 9.17) is 4.74 Å². The Labute approximate surface area is 160 Å². The van der Waals surface area contributed by atoms with Crippen LogP contribution in [0.4, 0.5) is 28.7 Å². The molecule has 140 valence electrons. The fraction of sp³-hybridized carbons (Fsp3) is 0.238. The maximum Gasteiger partial charge on any atom is 0.142 e. The van der Waals surface area contributed by atoms with Gasteiger partial charge >= 0.3 is 0 Å². The van der Waals surface area contributed by atoms with Gasteiger partial charge in [0.05, 0.1) is 12.3 Å². The minimum absolute atomic E-state index is 0.608. The van der Waals surface area contributed by atoms with Crippen molar-refractivity contribution >= 4 is 28.7 Å². The third-order valence-corrected chi connectivity index (χ3v) is 3.94. The maximum absolute atomic E-state index is 5.67. The molecule has 0 fully saturated rings. The van der Waals surface area contributed by atoms with E-state index in [1.54, 1.807) is 0 Å². The van der Waals surface area contributed by atoms with Gasteiger partial charge in [-0.2, -0.15) is 0 Å². The molecule has 1 heterocycles. The zero-order valence-electron chi connectivity index (χ0n) is 16.2. The summed E-state index contributed by atoms with van der Waals surface area (Å²) in [7, 11) is 4.04. The topological polar surface area (TPSA) is 62.3 Å². The number of nitrogens with one attached hydrogen (secondary N) is 2. The van der Waals surface area contributed by atoms with Crippen molar-refractivity contribution < 1.29 is 4.74 Å². The van der Waals surface area contributed by atoms with E-state index in [0.29, 0.717) is 18.2 Å². The van der Waals surface area contributed by atoms with Crippen LogP contribution in [-0.2, 0) is 0 Å². The van der Waals surface area contributed by atoms with Gasteiger partial charge in [0.25, 0.3) is 0 Å². The summed E-state index contributed by atoms with van der Waals surface area (Å²) in [5.41, 5.74) is 2.99. The van der Waals surface area contributed by atoms with E-state index in [0.717, 1.165) is 28.6 Å². The molecular formula is C21H25N5O. The fourth-order valence-corrected chi connectivity index (χ4v) is 2.68. The third kappa shape index (κ3) is 4.88. The monoisotopic (exact) mass is 363 g/mol. The van der Waals surface area contributed by atoms with Crippen molar-refractivity contribution in [2.24, 2.45) is 0 Å². The average Bonchev–Trinajstić information content (AvgIpc) is 2.63. The van der Waals surface area contributed by atoms with Crippen LogP contribution >= 0.6 is 0 Å². The van der Waals surface area contributed by atoms with Gasteiger partial charge in [-0.3, -0.25) is 0 Å². The van der Waals surface area contributed by atoms with Crippen molar-refractivity contribution in [2.45, 2.75) is 13.8 Å². The first-order valence-electron chi connectivity index (χ1n) is 8.94. The van der Waals surface area contributed by atoms with E-state index >= 15 is 0 Å². The number of rotatable bonds is 7. The van der Waals surface area contributed by atoms with Crippen molar-refractivity contribution in [3.8, 4) is 5.75 Å². The molecular weight excluding hydrogens is 338 g/mol. The van der Waals surface area contributed by atoms with E-state index in [1.165, 1.54) is 0 Å². The summed E-state index contributed by atoms with van der Waals surface area (Å²) in [6.07, 6.45) is 0. The van der Waals surface area contributed by atoms with Crippen molar-refractivity contribution in [2.75, 3.05) is 36.2 Å². The molecule has 0 saturated carbocycles. The predicted octanol–water partition coefficient (Wildman–Crippen LogP) is 4.74. The minimum Gasteiger partial charge on any atom is -0.492 e. The molecule has 2 N–H and O–H groups in total. The second-order valence-electron chi connectivity index (χ2n) is 6.31. The highest BCUT2D eigenvalue weighted by atomic mass is 16.5. The number of nitrogens with zero attached hydrogens (tertiary/aromatic N) is 3. The molecule has 0 spiro atoms. The maximum atomic E-state index is 5.67. The molecule has 0 aliphatic rings. The normalized spacial score (nSPS) is 10.4. The third-order valence-electron chi connectivity index (χ3n) is 3.94. The summed E-state index contributed by atoms with van der Waals surface area (Å²) in [5, 5.41) is 6.66. The fourth-order valence-electron chi connectivity index (χ4n) is 2.68. The van der Waals surface area contributed by atoms with Crippen LogP contribution in [0.25, 0.3) is 0 Å². The van der Waals surface area contributed by atoms with Crippen LogP contribution in [0.1, 0.15) is 12.7 Å². The van der Waals surface area contributed by atoms with Crippen LogP contribution < -0.4 is 20.3 Å². The number of hydrogen-bond donors (Lipinski definition) is 2. The van der Waals surface area contributed by atoms with Crippen LogP contribution in [0, 0.1) is 6.92 Å². The minimum atomic E-state index is 0.608. The molecule has 0 radical (unpaired) electrons. The Hall–Kier alpha value is -3.28. The molecule has 6 heteroatoms. The number of anilines is 5. The zero-order valence-corrected chi connectivity index (χ0v) is 16.2. The second-order valence-corrected chi connectivity index (χ2v) is 6.31. The lowest BCUT2D eigenvalue weighted by Gasteiger charge is -2.14. The number of aryl methyl sites for hydroxylation is 1. The van der Waals surface area contributed by atoms with Crippen molar-refractivity contribution in [3.63, 3.8) is 0 Å². The SMILES string of the molecule is CCOc1ccccc1Nc1cc(Nc2ccc(N(C)C)cc2)nc(C)n1. The van der Waals surface area contributed by atoms with Crippen LogP contribution in [-0.4, -0.2) is 30.7 Å². The van der Waals surface area contributed by atoms with Crippen LogP contribution in [0.2, 0.25) is 0 Å². The van der Waals surface area contributed by atoms with Gasteiger partial charge in [-0.1, -0.05) is 12.1 Å². The molecule has 3 aromatic rings. The van der Waals surface area contributed by atoms with Crippen LogP contribution in [0.3, 0.4) is 0 Å². The van der Waals surface area contributed by atoms with Gasteiger partial charge in [-0.15, -0.1) is 0 Å². The summed E-state index contributed by atoms with van der Waals surface area (Å²) >= 11 is 0. The van der Waals surface area contributed by atoms with E-state index in [-0.39, 0.29) is 0 Å². The summed E-state index contributed by atoms with van der Waals surface area (Å²) in [6, 6.07) is 17.9. The average molecular weight is 363 g/mol. The summed E-state index contributed by atoms with van der Waals surface area (Å²) in [5.74, 6) is 2.92. The molecule has 0 atom stereocenters. The Morgan fingerprint density at radius 3 is 2.26 bits per heavy atom. The molecule has 0 unspecified atom stereocenters. The van der Waals surface area contributed by atoms with Gasteiger partial charge in [0.1, 0.15) is 23.2 Å². The van der Waals surface area contributed by atoms with Gasteiger partial charge in [0.2, 0.25) is 0 Å². The molecule has 3 rings (SSSR count). The highest BCUT2D eigenvalue weighted by molar-refractivity contribution is 5.67. The highest BCUT2D eigenvalue weighted by Gasteiger charge is 2.07. The van der Waals surface area contributed by atoms with E-state index in [1.807, 2.05) is 70.4 Å². The zero-order chi connectivity index (χ0) is 19.2. The quantitative estimate of drug-likeness (QED) is 0.632. The van der Waals surface area contributed by atoms with Gasteiger partial charge in [0.15, 0.2) is 0 Å². The van der Waals surface area contributed by atoms with Gasteiger partial charge in [-0.25, -0.2) is 9.97 Å². The molecule has 0 aliphatic carbocycles. The first-order valence-corrected chi connectivity index (χ1v) is 8.94. The molecule has 0 saturated heterocycles. The lowest BCUT2D eigenvalue weighted by molar-refractivity contribution is 0.342. The molecule has 1 aromatic heterocycles. The van der Waals surface area contributed by atoms with Gasteiger partial charge < -0.3 is 20.3 Å². The summed E-state index contributed by atoms with van der Waals surface area (Å²) in [4.78, 5) is 11.0. The molecule has 0 amide bonds. The highest BCUT2D eigenvalue weighted by Crippen LogP contribution is 2.28. The van der Waals surface area contributed by atoms with Crippen molar-refractivity contribution in [1.29, 1.82) is 0 Å². The lowest BCUT2D eigenvalue weighted by Crippen LogP contribution is -2.08. The lowest BCUT2D eigenvalue weighted by atomic mass is 10.2. The van der Waals surface area contributed by atoms with Crippen LogP contribution in [0.15, 0.2) is 54.6 Å². The van der Waals surface area contributed by atoms with Gasteiger partial charge in [0, 0.05) is 31.5 Å². The Balaban J connectivity index is 1.80. The number of hydrogen-bond acceptors (Lipinski definition) is 6. The van der Waals surface area contributed by atoms with Crippen LogP contribution in [0.5, 0.6) is 5.75 Å². The number of para-hydroxylation sites is 2. The Bertz CT molecular complexity index is 893. The first kappa shape index (κ1) is 18.5. The van der Waals surface area contributed by atoms with Crippen molar-refractivity contribution in [1.82, 2.24) is 9.97 Å². The van der Waals surface area contributed by atoms with E-state index < -0.39 is 0 Å². The van der Waals surface area contributed by atoms with Gasteiger partial charge in [-0.05, 0) is 50.2 Å². The molecule has 6 nitrogen and oxygen atoms in total. The number of benzene rings is 2. The largest absolute Gasteiger partial charge is 0.492 e. The molecule has 0 aliphatic heterocycles. The smallest absolute Gasteiger partial charge is 0.142 e. The Morgan fingerprint density at radius 2 is 1.59 bits per heavy atom. The Morgan fingerprint density at radius 1 is 0.926 bits per heavy atom. The standard InChI is InChI=1S/C21H25N5O/c1-5-27-19-9-7-6-8-18(19)25-21-14-20(22-15(2)23-21)24-16-10-12-17(13-11-16)26(3)4/h6-14H,5H2,1-4H3,(H2,22,23,24,25). The molecule has 2 aromatic carbocycles. The molecule has 0 bridgehead atoms. The summed E-state index contributed by atoms with van der Waals surface area (Å²) in [6.45, 7) is 4.45. The first-order chi connectivity index (χ1) is 13.0. The predicted molar refractivity (Wildman–Crippen MR) is 112 cm³/mol. The van der Waals surface area contributed by atoms with Crippen molar-refractivity contribution in [3.05, 3.63) is 60.4 Å². The second kappa shape index (κ2) is 8.40. The molecule has 27 heavy (non-hydrogen) atoms. The Kier molecular flexibility index (Phi) is 5.76.